The molecule has 0 aliphatic carbocycles. The van der Waals surface area contributed by atoms with Gasteiger partial charge in [-0.2, -0.15) is 4.31 Å². The molecule has 0 bridgehead atoms. The minimum Gasteiger partial charge on any atom is -0.466 e. The first kappa shape index (κ1) is 14.8. The number of sulfonamides is 1. The number of hydrogen-bond donors (Lipinski definition) is 0. The zero-order valence-electron chi connectivity index (χ0n) is 8.64. The van der Waals surface area contributed by atoms with Crippen molar-refractivity contribution in [1.29, 1.82) is 0 Å². The lowest BCUT2D eigenvalue weighted by Crippen LogP contribution is -2.31. The van der Waals surface area contributed by atoms with E-state index in [0.717, 1.165) is 6.26 Å². The van der Waals surface area contributed by atoms with Gasteiger partial charge in [-0.3, -0.25) is 0 Å². The monoisotopic (exact) mass is 347 g/mol. The van der Waals surface area contributed by atoms with Crippen molar-refractivity contribution in [3.8, 4) is 0 Å². The molecule has 0 fully saturated rings. The quantitative estimate of drug-likeness (QED) is 0.302. The molecule has 0 heterocycles. The van der Waals surface area contributed by atoms with Gasteiger partial charge in [-0.25, -0.2) is 13.2 Å². The van der Waals surface area contributed by atoms with Gasteiger partial charge < -0.3 is 4.74 Å². The number of nitrogens with zero attached hydrogens (tertiary/aromatic N) is 1. The van der Waals surface area contributed by atoms with Gasteiger partial charge in [-0.1, -0.05) is 28.7 Å². The van der Waals surface area contributed by atoms with Crippen molar-refractivity contribution in [2.24, 2.45) is 0 Å². The molecule has 5 nitrogen and oxygen atoms in total. The maximum atomic E-state index is 11.2. The summed E-state index contributed by atoms with van der Waals surface area (Å²) < 4.78 is 28.9. The number of carbonyl (C=O) groups is 1. The van der Waals surface area contributed by atoms with Crippen LogP contribution in [0.2, 0.25) is 0 Å². The summed E-state index contributed by atoms with van der Waals surface area (Å²) in [4.78, 5) is 10.7. The lowest BCUT2D eigenvalue weighted by atomic mass is 10.5. The zero-order chi connectivity index (χ0) is 11.9. The van der Waals surface area contributed by atoms with Gasteiger partial charge in [0.1, 0.15) is 0 Å². The van der Waals surface area contributed by atoms with Gasteiger partial charge in [0.15, 0.2) is 0 Å². The van der Waals surface area contributed by atoms with Crippen LogP contribution in [0, 0.1) is 0 Å². The SMILES string of the molecule is COC(=O)/C=C/CN(CCI)S(C)(=O)=O. The lowest BCUT2D eigenvalue weighted by Gasteiger charge is -2.16. The fourth-order valence-electron chi connectivity index (χ4n) is 0.821. The third kappa shape index (κ3) is 6.85. The molecule has 0 aromatic rings. The average Bonchev–Trinajstić information content (AvgIpc) is 2.14. The molecule has 0 saturated carbocycles. The third-order valence-corrected chi connectivity index (χ3v) is 3.32. The van der Waals surface area contributed by atoms with Gasteiger partial charge in [-0.15, -0.1) is 0 Å². The molecule has 0 atom stereocenters. The maximum Gasteiger partial charge on any atom is 0.330 e. The highest BCUT2D eigenvalue weighted by Crippen LogP contribution is 1.99. The summed E-state index contributed by atoms with van der Waals surface area (Å²) in [6, 6.07) is 0. The smallest absolute Gasteiger partial charge is 0.330 e. The first-order valence-corrected chi connectivity index (χ1v) is 7.54. The van der Waals surface area contributed by atoms with Crippen LogP contribution in [-0.2, 0) is 19.6 Å². The number of halogens is 1. The molecule has 0 amide bonds. The van der Waals surface area contributed by atoms with Crippen molar-refractivity contribution >= 4 is 38.6 Å². The maximum absolute atomic E-state index is 11.2. The van der Waals surface area contributed by atoms with E-state index in [0.29, 0.717) is 11.0 Å². The van der Waals surface area contributed by atoms with Crippen molar-refractivity contribution in [1.82, 2.24) is 4.31 Å². The molecular formula is C8H14INO4S. The summed E-state index contributed by atoms with van der Waals surface area (Å²) in [5.41, 5.74) is 0. The Hall–Kier alpha value is -0.150. The molecule has 0 radical (unpaired) electrons. The topological polar surface area (TPSA) is 63.7 Å². The van der Waals surface area contributed by atoms with E-state index in [1.807, 2.05) is 0 Å². The van der Waals surface area contributed by atoms with E-state index in [9.17, 15) is 13.2 Å². The van der Waals surface area contributed by atoms with E-state index in [1.54, 1.807) is 0 Å². The van der Waals surface area contributed by atoms with Crippen LogP contribution >= 0.6 is 22.6 Å². The molecule has 0 unspecified atom stereocenters. The Kier molecular flexibility index (Phi) is 7.11. The molecule has 7 heteroatoms. The number of carbonyl (C=O) groups excluding carboxylic acids is 1. The first-order chi connectivity index (χ1) is 6.91. The number of hydrogen-bond acceptors (Lipinski definition) is 4. The molecule has 0 aliphatic heterocycles. The van der Waals surface area contributed by atoms with Crippen LogP contribution in [0.15, 0.2) is 12.2 Å². The van der Waals surface area contributed by atoms with E-state index in [4.69, 9.17) is 0 Å². The summed E-state index contributed by atoms with van der Waals surface area (Å²) in [7, 11) is -1.94. The van der Waals surface area contributed by atoms with Crippen LogP contribution in [0.3, 0.4) is 0 Å². The fourth-order valence-corrected chi connectivity index (χ4v) is 2.51. The summed E-state index contributed by atoms with van der Waals surface area (Å²) in [6.45, 7) is 0.627. The summed E-state index contributed by atoms with van der Waals surface area (Å²) in [5.74, 6) is -0.488. The van der Waals surface area contributed by atoms with Crippen LogP contribution in [-0.4, -0.2) is 49.6 Å². The number of methoxy groups -OCH3 is 1. The van der Waals surface area contributed by atoms with Crippen molar-refractivity contribution in [2.75, 3.05) is 30.9 Å². The van der Waals surface area contributed by atoms with Crippen LogP contribution in [0.4, 0.5) is 0 Å². The number of rotatable bonds is 6. The summed E-state index contributed by atoms with van der Waals surface area (Å²) >= 11 is 2.09. The molecule has 0 N–H and O–H groups in total. The number of esters is 1. The van der Waals surface area contributed by atoms with Crippen molar-refractivity contribution in [3.63, 3.8) is 0 Å². The Morgan fingerprint density at radius 3 is 2.53 bits per heavy atom. The van der Waals surface area contributed by atoms with Crippen LogP contribution in [0.1, 0.15) is 0 Å². The van der Waals surface area contributed by atoms with Gasteiger partial charge in [-0.05, 0) is 0 Å². The Morgan fingerprint density at radius 2 is 2.13 bits per heavy atom. The molecule has 88 valence electrons. The van der Waals surface area contributed by atoms with E-state index in [-0.39, 0.29) is 6.54 Å². The molecule has 15 heavy (non-hydrogen) atoms. The Labute approximate surface area is 104 Å². The second kappa shape index (κ2) is 7.18. The van der Waals surface area contributed by atoms with Crippen LogP contribution < -0.4 is 0 Å². The van der Waals surface area contributed by atoms with E-state index in [2.05, 4.69) is 27.3 Å². The Morgan fingerprint density at radius 1 is 1.53 bits per heavy atom. The molecule has 0 saturated heterocycles. The van der Waals surface area contributed by atoms with Gasteiger partial charge >= 0.3 is 5.97 Å². The normalized spacial score (nSPS) is 12.3. The minimum absolute atomic E-state index is 0.191. The van der Waals surface area contributed by atoms with Gasteiger partial charge in [0.05, 0.1) is 13.4 Å². The highest BCUT2D eigenvalue weighted by atomic mass is 127. The molecule has 0 rings (SSSR count). The van der Waals surface area contributed by atoms with Crippen LogP contribution in [0.5, 0.6) is 0 Å². The third-order valence-electron chi connectivity index (χ3n) is 1.57. The highest BCUT2D eigenvalue weighted by Gasteiger charge is 2.13. The van der Waals surface area contributed by atoms with Crippen molar-refractivity contribution < 1.29 is 17.9 Å². The van der Waals surface area contributed by atoms with Crippen LogP contribution in [0.25, 0.3) is 0 Å². The highest BCUT2D eigenvalue weighted by molar-refractivity contribution is 14.1. The Balaban J connectivity index is 4.32. The van der Waals surface area contributed by atoms with E-state index in [1.165, 1.54) is 23.6 Å². The predicted octanol–water partition coefficient (Wildman–Crippen LogP) is 0.412. The lowest BCUT2D eigenvalue weighted by molar-refractivity contribution is -0.134. The molecule has 0 aliphatic rings. The van der Waals surface area contributed by atoms with Gasteiger partial charge in [0.2, 0.25) is 10.0 Å². The van der Waals surface area contributed by atoms with E-state index >= 15 is 0 Å². The Bertz CT molecular complexity index is 326. The zero-order valence-corrected chi connectivity index (χ0v) is 11.6. The van der Waals surface area contributed by atoms with Crippen molar-refractivity contribution in [2.45, 2.75) is 0 Å². The largest absolute Gasteiger partial charge is 0.466 e. The standard InChI is InChI=1S/C8H14INO4S/c1-14-8(11)4-3-6-10(7-5-9)15(2,12)13/h3-4H,5-7H2,1-2H3/b4-3+. The molecule has 0 aromatic heterocycles. The molecule has 0 spiro atoms. The fraction of sp³-hybridized carbons (Fsp3) is 0.625. The van der Waals surface area contributed by atoms with Gasteiger partial charge in [0, 0.05) is 23.6 Å². The average molecular weight is 347 g/mol. The number of alkyl halides is 1. The van der Waals surface area contributed by atoms with Crippen molar-refractivity contribution in [3.05, 3.63) is 12.2 Å². The summed E-state index contributed by atoms with van der Waals surface area (Å²) in [6.07, 6.45) is 3.83. The molecular weight excluding hydrogens is 333 g/mol. The second-order valence-electron chi connectivity index (χ2n) is 2.74. The van der Waals surface area contributed by atoms with Gasteiger partial charge in [0.25, 0.3) is 0 Å². The predicted molar refractivity (Wildman–Crippen MR) is 66.5 cm³/mol. The summed E-state index contributed by atoms with van der Waals surface area (Å²) in [5, 5.41) is 0. The first-order valence-electron chi connectivity index (χ1n) is 4.17. The van der Waals surface area contributed by atoms with E-state index < -0.39 is 16.0 Å². The minimum atomic E-state index is -3.21. The number of ether oxygens (including phenoxy) is 1. The second-order valence-corrected chi connectivity index (χ2v) is 5.80. The molecule has 0 aromatic carbocycles.